The summed E-state index contributed by atoms with van der Waals surface area (Å²) in [6, 6.07) is 24.9. The molecule has 0 spiro atoms. The van der Waals surface area contributed by atoms with Crippen LogP contribution < -0.4 is 0 Å². The second kappa shape index (κ2) is 11.6. The Morgan fingerprint density at radius 2 is 1.35 bits per heavy atom. The molecule has 0 saturated carbocycles. The number of esters is 1. The van der Waals surface area contributed by atoms with E-state index in [2.05, 4.69) is 0 Å². The molecular weight excluding hydrogens is 452 g/mol. The fraction of sp³-hybridized carbons (Fsp3) is 0.231. The van der Waals surface area contributed by atoms with Gasteiger partial charge in [0, 0.05) is 27.2 Å². The van der Waals surface area contributed by atoms with Crippen LogP contribution in [0, 0.1) is 0 Å². The number of hydrogen-bond acceptors (Lipinski definition) is 5. The van der Waals surface area contributed by atoms with Crippen molar-refractivity contribution in [2.75, 3.05) is 27.2 Å². The van der Waals surface area contributed by atoms with Gasteiger partial charge in [-0.2, -0.15) is 0 Å². The van der Waals surface area contributed by atoms with Gasteiger partial charge in [0.05, 0.1) is 10.5 Å². The van der Waals surface area contributed by atoms with Crippen LogP contribution in [-0.4, -0.2) is 56.7 Å². The van der Waals surface area contributed by atoms with E-state index in [1.165, 1.54) is 38.4 Å². The molecule has 34 heavy (non-hydrogen) atoms. The summed E-state index contributed by atoms with van der Waals surface area (Å²) in [5, 5.41) is 0. The highest BCUT2D eigenvalue weighted by Crippen LogP contribution is 2.15. The first-order valence-corrected chi connectivity index (χ1v) is 12.3. The maximum atomic E-state index is 12.9. The molecule has 1 amide bonds. The number of carbonyl (C=O) groups excluding carboxylic acids is 2. The number of benzene rings is 3. The highest BCUT2D eigenvalue weighted by Gasteiger charge is 2.20. The summed E-state index contributed by atoms with van der Waals surface area (Å²) in [5.41, 5.74) is 2.26. The standard InChI is InChI=1S/C26H28N2O5S/c1-27(2)34(31,32)24-15-13-23(14-16-24)26(30)33-20-25(29)28(19-22-11-7-4-8-12-22)18-17-21-9-5-3-6-10-21/h3-16H,17-20H2,1-2H3. The van der Waals surface area contributed by atoms with Crippen LogP contribution in [0.4, 0.5) is 0 Å². The van der Waals surface area contributed by atoms with Crippen molar-refractivity contribution in [3.63, 3.8) is 0 Å². The highest BCUT2D eigenvalue weighted by atomic mass is 32.2. The molecule has 0 bridgehead atoms. The topological polar surface area (TPSA) is 84.0 Å². The van der Waals surface area contributed by atoms with Crippen LogP contribution in [0.5, 0.6) is 0 Å². The van der Waals surface area contributed by atoms with Crippen LogP contribution in [0.2, 0.25) is 0 Å². The average molecular weight is 481 g/mol. The van der Waals surface area contributed by atoms with Gasteiger partial charge < -0.3 is 9.64 Å². The molecule has 0 heterocycles. The molecule has 3 aromatic carbocycles. The zero-order valence-electron chi connectivity index (χ0n) is 19.3. The number of nitrogens with zero attached hydrogens (tertiary/aromatic N) is 2. The van der Waals surface area contributed by atoms with Crippen LogP contribution in [0.25, 0.3) is 0 Å². The Bertz CT molecular complexity index is 1190. The molecule has 0 unspecified atom stereocenters. The fourth-order valence-corrected chi connectivity index (χ4v) is 4.18. The summed E-state index contributed by atoms with van der Waals surface area (Å²) in [5.74, 6) is -0.996. The highest BCUT2D eigenvalue weighted by molar-refractivity contribution is 7.89. The summed E-state index contributed by atoms with van der Waals surface area (Å²) in [6.45, 7) is 0.478. The van der Waals surface area contributed by atoms with E-state index in [0.717, 1.165) is 15.4 Å². The van der Waals surface area contributed by atoms with E-state index in [4.69, 9.17) is 4.74 Å². The van der Waals surface area contributed by atoms with Crippen LogP contribution in [0.15, 0.2) is 89.8 Å². The van der Waals surface area contributed by atoms with E-state index >= 15 is 0 Å². The number of amides is 1. The summed E-state index contributed by atoms with van der Waals surface area (Å²) < 4.78 is 30.7. The van der Waals surface area contributed by atoms with Gasteiger partial charge in [-0.25, -0.2) is 17.5 Å². The lowest BCUT2D eigenvalue weighted by Crippen LogP contribution is -2.35. The number of hydrogen-bond donors (Lipinski definition) is 0. The zero-order chi connectivity index (χ0) is 24.6. The van der Waals surface area contributed by atoms with Crippen molar-refractivity contribution in [3.8, 4) is 0 Å². The van der Waals surface area contributed by atoms with Crippen molar-refractivity contribution in [1.82, 2.24) is 9.21 Å². The minimum atomic E-state index is -3.59. The van der Waals surface area contributed by atoms with E-state index in [-0.39, 0.29) is 16.4 Å². The van der Waals surface area contributed by atoms with Crippen molar-refractivity contribution in [2.45, 2.75) is 17.9 Å². The fourth-order valence-electron chi connectivity index (χ4n) is 3.28. The normalized spacial score (nSPS) is 11.3. The number of carbonyl (C=O) groups is 2. The molecule has 7 nitrogen and oxygen atoms in total. The van der Waals surface area contributed by atoms with Gasteiger partial charge in [-0.3, -0.25) is 4.79 Å². The molecule has 0 aromatic heterocycles. The molecule has 0 N–H and O–H groups in total. The third kappa shape index (κ3) is 6.76. The lowest BCUT2D eigenvalue weighted by molar-refractivity contribution is -0.135. The Kier molecular flexibility index (Phi) is 8.56. The maximum Gasteiger partial charge on any atom is 0.338 e. The molecule has 0 fully saturated rings. The van der Waals surface area contributed by atoms with Gasteiger partial charge in [0.1, 0.15) is 0 Å². The Morgan fingerprint density at radius 3 is 1.91 bits per heavy atom. The lowest BCUT2D eigenvalue weighted by atomic mass is 10.1. The molecule has 0 radical (unpaired) electrons. The van der Waals surface area contributed by atoms with Gasteiger partial charge in [-0.05, 0) is 41.8 Å². The minimum absolute atomic E-state index is 0.0695. The third-order valence-corrected chi connectivity index (χ3v) is 7.11. The third-order valence-electron chi connectivity index (χ3n) is 5.28. The Hall–Kier alpha value is -3.49. The summed E-state index contributed by atoms with van der Waals surface area (Å²) in [4.78, 5) is 27.1. The van der Waals surface area contributed by atoms with Gasteiger partial charge >= 0.3 is 5.97 Å². The summed E-state index contributed by atoms with van der Waals surface area (Å²) in [7, 11) is -0.730. The van der Waals surface area contributed by atoms with Crippen LogP contribution >= 0.6 is 0 Å². The van der Waals surface area contributed by atoms with Gasteiger partial charge in [-0.15, -0.1) is 0 Å². The quantitative estimate of drug-likeness (QED) is 0.416. The van der Waals surface area contributed by atoms with Crippen molar-refractivity contribution >= 4 is 21.9 Å². The Labute approximate surface area is 200 Å². The van der Waals surface area contributed by atoms with Crippen molar-refractivity contribution in [2.24, 2.45) is 0 Å². The summed E-state index contributed by atoms with van der Waals surface area (Å²) >= 11 is 0. The molecule has 0 aliphatic heterocycles. The molecule has 0 aliphatic carbocycles. The van der Waals surface area contributed by atoms with Gasteiger partial charge in [0.15, 0.2) is 6.61 Å². The van der Waals surface area contributed by atoms with Crippen molar-refractivity contribution in [1.29, 1.82) is 0 Å². The smallest absolute Gasteiger partial charge is 0.338 e. The Balaban J connectivity index is 1.64. The SMILES string of the molecule is CN(C)S(=O)(=O)c1ccc(C(=O)OCC(=O)N(CCc2ccccc2)Cc2ccccc2)cc1. The first-order valence-electron chi connectivity index (χ1n) is 10.8. The first kappa shape index (κ1) is 25.1. The molecule has 178 valence electrons. The summed E-state index contributed by atoms with van der Waals surface area (Å²) in [6.07, 6.45) is 0.676. The molecular formula is C26H28N2O5S. The lowest BCUT2D eigenvalue weighted by Gasteiger charge is -2.23. The van der Waals surface area contributed by atoms with Crippen LogP contribution in [0.1, 0.15) is 21.5 Å². The molecule has 3 aromatic rings. The van der Waals surface area contributed by atoms with E-state index in [0.29, 0.717) is 19.5 Å². The number of ether oxygens (including phenoxy) is 1. The zero-order valence-corrected chi connectivity index (χ0v) is 20.1. The molecule has 0 atom stereocenters. The monoisotopic (exact) mass is 480 g/mol. The van der Waals surface area contributed by atoms with Gasteiger partial charge in [-0.1, -0.05) is 60.7 Å². The predicted molar refractivity (Wildman–Crippen MR) is 130 cm³/mol. The van der Waals surface area contributed by atoms with Crippen molar-refractivity contribution in [3.05, 3.63) is 102 Å². The van der Waals surface area contributed by atoms with Crippen molar-refractivity contribution < 1.29 is 22.7 Å². The van der Waals surface area contributed by atoms with Crippen LogP contribution in [-0.2, 0) is 32.5 Å². The molecule has 3 rings (SSSR count). The number of sulfonamides is 1. The second-order valence-electron chi connectivity index (χ2n) is 7.92. The van der Waals surface area contributed by atoms with Crippen LogP contribution in [0.3, 0.4) is 0 Å². The van der Waals surface area contributed by atoms with E-state index < -0.39 is 22.6 Å². The molecule has 8 heteroatoms. The number of rotatable bonds is 10. The van der Waals surface area contributed by atoms with E-state index in [9.17, 15) is 18.0 Å². The average Bonchev–Trinajstić information content (AvgIpc) is 2.86. The van der Waals surface area contributed by atoms with E-state index in [1.807, 2.05) is 60.7 Å². The van der Waals surface area contributed by atoms with Gasteiger partial charge in [0.2, 0.25) is 10.0 Å². The minimum Gasteiger partial charge on any atom is -0.452 e. The van der Waals surface area contributed by atoms with Gasteiger partial charge in [0.25, 0.3) is 5.91 Å². The first-order chi connectivity index (χ1) is 16.3. The maximum absolute atomic E-state index is 12.9. The second-order valence-corrected chi connectivity index (χ2v) is 10.1. The van der Waals surface area contributed by atoms with E-state index in [1.54, 1.807) is 4.90 Å². The largest absolute Gasteiger partial charge is 0.452 e. The predicted octanol–water partition coefficient (Wildman–Crippen LogP) is 3.37. The molecule has 0 saturated heterocycles. The molecule has 0 aliphatic rings. The Morgan fingerprint density at radius 1 is 0.794 bits per heavy atom.